The molecule has 0 spiro atoms. The molecule has 2 aromatic rings. The molecule has 1 aliphatic rings. The number of thioether (sulfide) groups is 1. The first-order valence-electron chi connectivity index (χ1n) is 6.89. The molecule has 1 atom stereocenters. The summed E-state index contributed by atoms with van der Waals surface area (Å²) in [5.74, 6) is 1.32. The van der Waals surface area contributed by atoms with Crippen molar-refractivity contribution in [1.82, 2.24) is 24.4 Å². The van der Waals surface area contributed by atoms with Gasteiger partial charge < -0.3 is 9.42 Å². The number of aromatic nitrogens is 4. The van der Waals surface area contributed by atoms with Crippen molar-refractivity contribution in [2.45, 2.75) is 30.8 Å². The van der Waals surface area contributed by atoms with Crippen molar-refractivity contribution >= 4 is 34.5 Å². The number of hydrogen-bond acceptors (Lipinski definition) is 8. The number of likely N-dealkylation sites (tertiary alicyclic amines) is 1. The van der Waals surface area contributed by atoms with E-state index in [1.807, 2.05) is 6.26 Å². The van der Waals surface area contributed by atoms with Gasteiger partial charge in [-0.2, -0.15) is 14.3 Å². The van der Waals surface area contributed by atoms with E-state index in [1.165, 1.54) is 23.3 Å². The van der Waals surface area contributed by atoms with Crippen LogP contribution in [0.25, 0.3) is 0 Å². The first-order valence-corrected chi connectivity index (χ1v) is 8.89. The lowest BCUT2D eigenvalue weighted by atomic mass is 9.98. The zero-order valence-corrected chi connectivity index (χ0v) is 13.9. The van der Waals surface area contributed by atoms with Crippen molar-refractivity contribution in [1.29, 1.82) is 0 Å². The molecule has 3 heterocycles. The van der Waals surface area contributed by atoms with Crippen molar-refractivity contribution in [3.05, 3.63) is 11.7 Å². The topological polar surface area (TPSA) is 97.0 Å². The van der Waals surface area contributed by atoms with Crippen LogP contribution in [0.4, 0.5) is 9.93 Å². The van der Waals surface area contributed by atoms with E-state index in [0.717, 1.165) is 12.8 Å². The van der Waals surface area contributed by atoms with Gasteiger partial charge in [-0.25, -0.2) is 4.79 Å². The summed E-state index contributed by atoms with van der Waals surface area (Å²) in [4.78, 5) is 22.6. The van der Waals surface area contributed by atoms with Crippen LogP contribution >= 0.6 is 23.3 Å². The van der Waals surface area contributed by atoms with Crippen LogP contribution in [0, 0.1) is 6.92 Å². The maximum atomic E-state index is 12.3. The lowest BCUT2D eigenvalue weighted by Gasteiger charge is -2.30. The zero-order chi connectivity index (χ0) is 15.5. The van der Waals surface area contributed by atoms with Crippen LogP contribution < -0.4 is 5.32 Å². The number of amides is 2. The van der Waals surface area contributed by atoms with E-state index in [-0.39, 0.29) is 11.9 Å². The van der Waals surface area contributed by atoms with Crippen LogP contribution in [0.1, 0.15) is 30.5 Å². The molecule has 1 fully saturated rings. The Morgan fingerprint density at radius 3 is 3.05 bits per heavy atom. The summed E-state index contributed by atoms with van der Waals surface area (Å²) in [6, 6.07) is -0.162. The Balaban J connectivity index is 1.62. The highest BCUT2D eigenvalue weighted by Gasteiger charge is 2.28. The third-order valence-electron chi connectivity index (χ3n) is 3.40. The van der Waals surface area contributed by atoms with Crippen LogP contribution in [0.2, 0.25) is 0 Å². The number of nitrogens with zero attached hydrogens (tertiary/aromatic N) is 5. The van der Waals surface area contributed by atoms with Gasteiger partial charge in [0, 0.05) is 24.6 Å². The van der Waals surface area contributed by atoms with E-state index in [4.69, 9.17) is 4.52 Å². The van der Waals surface area contributed by atoms with Crippen LogP contribution in [-0.2, 0) is 0 Å². The lowest BCUT2D eigenvalue weighted by Crippen LogP contribution is -2.41. The van der Waals surface area contributed by atoms with Crippen LogP contribution in [0.5, 0.6) is 0 Å². The summed E-state index contributed by atoms with van der Waals surface area (Å²) < 4.78 is 9.35. The Bertz CT molecular complexity index is 658. The van der Waals surface area contributed by atoms with Gasteiger partial charge >= 0.3 is 6.03 Å². The molecule has 8 nitrogen and oxygen atoms in total. The van der Waals surface area contributed by atoms with Gasteiger partial charge in [0.2, 0.25) is 16.2 Å². The quantitative estimate of drug-likeness (QED) is 0.857. The highest BCUT2D eigenvalue weighted by molar-refractivity contribution is 7.98. The fourth-order valence-corrected chi connectivity index (χ4v) is 3.47. The Hall–Kier alpha value is -1.68. The number of rotatable bonds is 3. The standard InChI is InChI=1S/C12H16N6O2S2/c1-7-13-9(20-16-7)8-4-3-5-18(6-8)12(19)15-10-14-11(21-2)17-22-10/h8H,3-6H2,1-2H3,(H,14,15,17,19). The van der Waals surface area contributed by atoms with Gasteiger partial charge in [-0.1, -0.05) is 16.9 Å². The summed E-state index contributed by atoms with van der Waals surface area (Å²) in [5, 5.41) is 7.80. The minimum Gasteiger partial charge on any atom is -0.339 e. The summed E-state index contributed by atoms with van der Waals surface area (Å²) in [6.07, 6.45) is 3.75. The third-order valence-corrected chi connectivity index (χ3v) is 4.70. The largest absolute Gasteiger partial charge is 0.339 e. The molecule has 1 N–H and O–H groups in total. The second-order valence-electron chi connectivity index (χ2n) is 4.98. The van der Waals surface area contributed by atoms with Gasteiger partial charge in [-0.15, -0.1) is 0 Å². The number of hydrogen-bond donors (Lipinski definition) is 1. The second kappa shape index (κ2) is 6.61. The first kappa shape index (κ1) is 15.2. The third kappa shape index (κ3) is 3.38. The summed E-state index contributed by atoms with van der Waals surface area (Å²) in [5.41, 5.74) is 0. The van der Waals surface area contributed by atoms with Crippen LogP contribution in [0.3, 0.4) is 0 Å². The van der Waals surface area contributed by atoms with E-state index in [1.54, 1.807) is 11.8 Å². The molecular formula is C12H16N6O2S2. The number of piperidine rings is 1. The smallest absolute Gasteiger partial charge is 0.323 e. The molecule has 1 aliphatic heterocycles. The highest BCUT2D eigenvalue weighted by Crippen LogP contribution is 2.26. The molecule has 3 rings (SSSR count). The molecule has 0 bridgehead atoms. The average Bonchev–Trinajstić information content (AvgIpc) is 3.16. The van der Waals surface area contributed by atoms with Gasteiger partial charge in [-0.05, 0) is 26.0 Å². The number of carbonyl (C=O) groups excluding carboxylic acids is 1. The normalized spacial score (nSPS) is 18.5. The average molecular weight is 340 g/mol. The molecule has 0 aliphatic carbocycles. The monoisotopic (exact) mass is 340 g/mol. The van der Waals surface area contributed by atoms with Crippen molar-refractivity contribution in [3.8, 4) is 0 Å². The van der Waals surface area contributed by atoms with Crippen molar-refractivity contribution < 1.29 is 9.32 Å². The van der Waals surface area contributed by atoms with E-state index in [0.29, 0.717) is 35.1 Å². The predicted octanol–water partition coefficient (Wildman–Crippen LogP) is 2.36. The molecule has 10 heteroatoms. The second-order valence-corrected chi connectivity index (χ2v) is 6.51. The molecule has 118 valence electrons. The Kier molecular flexibility index (Phi) is 4.57. The maximum Gasteiger partial charge on any atom is 0.323 e. The van der Waals surface area contributed by atoms with Gasteiger partial charge in [-0.3, -0.25) is 5.32 Å². The van der Waals surface area contributed by atoms with Gasteiger partial charge in [0.25, 0.3) is 0 Å². The molecule has 1 unspecified atom stereocenters. The number of anilines is 1. The number of urea groups is 1. The fraction of sp³-hybridized carbons (Fsp3) is 0.583. The number of carbonyl (C=O) groups is 1. The number of nitrogens with one attached hydrogen (secondary N) is 1. The summed E-state index contributed by atoms with van der Waals surface area (Å²) >= 11 is 2.63. The predicted molar refractivity (Wildman–Crippen MR) is 83.3 cm³/mol. The molecule has 22 heavy (non-hydrogen) atoms. The van der Waals surface area contributed by atoms with Gasteiger partial charge in [0.05, 0.1) is 5.92 Å². The Morgan fingerprint density at radius 2 is 2.36 bits per heavy atom. The fourth-order valence-electron chi connectivity index (χ4n) is 2.36. The van der Waals surface area contributed by atoms with Crippen molar-refractivity contribution in [3.63, 3.8) is 0 Å². The molecule has 0 radical (unpaired) electrons. The summed E-state index contributed by atoms with van der Waals surface area (Å²) in [7, 11) is 0. The molecule has 2 aromatic heterocycles. The van der Waals surface area contributed by atoms with Gasteiger partial charge in [0.1, 0.15) is 0 Å². The lowest BCUT2D eigenvalue weighted by molar-refractivity contribution is 0.184. The van der Waals surface area contributed by atoms with Crippen molar-refractivity contribution in [2.24, 2.45) is 0 Å². The Labute approximate surface area is 135 Å². The van der Waals surface area contributed by atoms with E-state index >= 15 is 0 Å². The Morgan fingerprint density at radius 1 is 1.50 bits per heavy atom. The van der Waals surface area contributed by atoms with Crippen molar-refractivity contribution in [2.75, 3.05) is 24.7 Å². The minimum absolute atomic E-state index is 0.0943. The first-order chi connectivity index (χ1) is 10.7. The minimum atomic E-state index is -0.162. The van der Waals surface area contributed by atoms with Crippen LogP contribution in [0.15, 0.2) is 9.68 Å². The molecular weight excluding hydrogens is 324 g/mol. The maximum absolute atomic E-state index is 12.3. The molecule has 2 amide bonds. The number of aryl methyl sites for hydroxylation is 1. The summed E-state index contributed by atoms with van der Waals surface area (Å²) in [6.45, 7) is 3.07. The SMILES string of the molecule is CSc1nsc(NC(=O)N2CCCC(c3nc(C)no3)C2)n1. The van der Waals surface area contributed by atoms with E-state index in [2.05, 4.69) is 24.8 Å². The van der Waals surface area contributed by atoms with E-state index in [9.17, 15) is 4.79 Å². The van der Waals surface area contributed by atoms with Crippen LogP contribution in [-0.4, -0.2) is 49.8 Å². The highest BCUT2D eigenvalue weighted by atomic mass is 32.2. The molecule has 0 saturated carbocycles. The molecule has 1 saturated heterocycles. The zero-order valence-electron chi connectivity index (χ0n) is 12.3. The van der Waals surface area contributed by atoms with Gasteiger partial charge in [0.15, 0.2) is 5.82 Å². The van der Waals surface area contributed by atoms with E-state index < -0.39 is 0 Å². The molecule has 0 aromatic carbocycles.